The van der Waals surface area contributed by atoms with Crippen LogP contribution < -0.4 is 5.73 Å². The Balaban J connectivity index is 1.73. The van der Waals surface area contributed by atoms with Crippen molar-refractivity contribution in [3.63, 3.8) is 0 Å². The number of hydrogen-bond donors (Lipinski definition) is 1. The molecule has 16 heavy (non-hydrogen) atoms. The maximum Gasteiger partial charge on any atom is 0.0194 e. The van der Waals surface area contributed by atoms with Crippen LogP contribution in [-0.4, -0.2) is 30.6 Å². The number of piperidine rings is 1. The van der Waals surface area contributed by atoms with Gasteiger partial charge in [0.05, 0.1) is 0 Å². The van der Waals surface area contributed by atoms with E-state index in [0.29, 0.717) is 6.04 Å². The highest BCUT2D eigenvalue weighted by Gasteiger charge is 2.26. The van der Waals surface area contributed by atoms with Crippen LogP contribution in [0.25, 0.3) is 0 Å². The molecule has 1 heterocycles. The molecule has 1 aliphatic carbocycles. The van der Waals surface area contributed by atoms with E-state index in [0.717, 1.165) is 24.3 Å². The zero-order valence-electron chi connectivity index (χ0n) is 11.0. The average molecular weight is 224 g/mol. The van der Waals surface area contributed by atoms with Gasteiger partial charge in [0.15, 0.2) is 0 Å². The number of hydrogen-bond acceptors (Lipinski definition) is 2. The van der Waals surface area contributed by atoms with Crippen molar-refractivity contribution in [2.45, 2.75) is 52.0 Å². The molecule has 2 rings (SSSR count). The summed E-state index contributed by atoms with van der Waals surface area (Å²) in [5.74, 6) is 2.65. The molecule has 2 atom stereocenters. The lowest BCUT2D eigenvalue weighted by atomic mass is 9.82. The van der Waals surface area contributed by atoms with Crippen molar-refractivity contribution in [3.05, 3.63) is 0 Å². The van der Waals surface area contributed by atoms with Crippen LogP contribution in [0.3, 0.4) is 0 Å². The first-order valence-corrected chi connectivity index (χ1v) is 7.13. The zero-order valence-corrected chi connectivity index (χ0v) is 11.0. The molecule has 1 saturated carbocycles. The van der Waals surface area contributed by atoms with Crippen molar-refractivity contribution in [1.29, 1.82) is 0 Å². The van der Waals surface area contributed by atoms with Crippen LogP contribution in [0.4, 0.5) is 0 Å². The van der Waals surface area contributed by atoms with E-state index in [1.54, 1.807) is 0 Å². The van der Waals surface area contributed by atoms with Crippen LogP contribution in [-0.2, 0) is 0 Å². The lowest BCUT2D eigenvalue weighted by molar-refractivity contribution is 0.128. The molecule has 1 saturated heterocycles. The Kier molecular flexibility index (Phi) is 4.26. The third-order valence-electron chi connectivity index (χ3n) is 4.75. The standard InChI is InChI=1S/C14H28N2/c1-11-3-5-13(6-4-11)9-16-8-7-12(2)14(15)10-16/h11-14H,3-10,15H2,1-2H3. The van der Waals surface area contributed by atoms with Gasteiger partial charge in [-0.2, -0.15) is 0 Å². The normalized spacial score (nSPS) is 42.2. The maximum absolute atomic E-state index is 6.15. The molecule has 0 aromatic carbocycles. The second-order valence-electron chi connectivity index (χ2n) is 6.32. The van der Waals surface area contributed by atoms with Gasteiger partial charge in [0.25, 0.3) is 0 Å². The molecule has 0 spiro atoms. The van der Waals surface area contributed by atoms with Gasteiger partial charge in [-0.1, -0.05) is 26.7 Å². The monoisotopic (exact) mass is 224 g/mol. The summed E-state index contributed by atoms with van der Waals surface area (Å²) in [5, 5.41) is 0. The second kappa shape index (κ2) is 5.50. The Morgan fingerprint density at radius 1 is 1.06 bits per heavy atom. The highest BCUT2D eigenvalue weighted by molar-refractivity contribution is 4.82. The molecule has 94 valence electrons. The molecule has 0 radical (unpaired) electrons. The summed E-state index contributed by atoms with van der Waals surface area (Å²) >= 11 is 0. The van der Waals surface area contributed by atoms with Gasteiger partial charge < -0.3 is 10.6 Å². The molecule has 0 bridgehead atoms. The quantitative estimate of drug-likeness (QED) is 0.781. The molecule has 2 unspecified atom stereocenters. The molecule has 2 N–H and O–H groups in total. The van der Waals surface area contributed by atoms with Gasteiger partial charge in [-0.15, -0.1) is 0 Å². The largest absolute Gasteiger partial charge is 0.326 e. The van der Waals surface area contributed by atoms with E-state index in [4.69, 9.17) is 5.73 Å². The van der Waals surface area contributed by atoms with Crippen molar-refractivity contribution in [1.82, 2.24) is 4.90 Å². The first-order valence-electron chi connectivity index (χ1n) is 7.13. The van der Waals surface area contributed by atoms with E-state index in [2.05, 4.69) is 18.7 Å². The lowest BCUT2D eigenvalue weighted by Gasteiger charge is -2.38. The predicted molar refractivity (Wildman–Crippen MR) is 69.3 cm³/mol. The molecule has 2 fully saturated rings. The molecular formula is C14H28N2. The molecular weight excluding hydrogens is 196 g/mol. The van der Waals surface area contributed by atoms with E-state index in [1.807, 2.05) is 0 Å². The fourth-order valence-corrected chi connectivity index (χ4v) is 3.21. The highest BCUT2D eigenvalue weighted by atomic mass is 15.1. The van der Waals surface area contributed by atoms with E-state index in [-0.39, 0.29) is 0 Å². The van der Waals surface area contributed by atoms with E-state index < -0.39 is 0 Å². The summed E-state index contributed by atoms with van der Waals surface area (Å²) < 4.78 is 0. The number of nitrogens with zero attached hydrogens (tertiary/aromatic N) is 1. The minimum absolute atomic E-state index is 0.413. The van der Waals surface area contributed by atoms with Crippen LogP contribution >= 0.6 is 0 Å². The van der Waals surface area contributed by atoms with Crippen molar-refractivity contribution in [2.75, 3.05) is 19.6 Å². The van der Waals surface area contributed by atoms with Crippen LogP contribution in [0.15, 0.2) is 0 Å². The molecule has 1 aliphatic heterocycles. The molecule has 2 heteroatoms. The summed E-state index contributed by atoms with van der Waals surface area (Å²) in [6, 6.07) is 0.413. The van der Waals surface area contributed by atoms with Gasteiger partial charge in [0.1, 0.15) is 0 Å². The minimum Gasteiger partial charge on any atom is -0.326 e. The van der Waals surface area contributed by atoms with Crippen molar-refractivity contribution < 1.29 is 0 Å². The Hall–Kier alpha value is -0.0800. The fourth-order valence-electron chi connectivity index (χ4n) is 3.21. The van der Waals surface area contributed by atoms with Crippen LogP contribution in [0.1, 0.15) is 46.0 Å². The number of rotatable bonds is 2. The number of nitrogens with two attached hydrogens (primary N) is 1. The topological polar surface area (TPSA) is 29.3 Å². The van der Waals surface area contributed by atoms with Gasteiger partial charge >= 0.3 is 0 Å². The van der Waals surface area contributed by atoms with Crippen LogP contribution in [0.5, 0.6) is 0 Å². The minimum atomic E-state index is 0.413. The van der Waals surface area contributed by atoms with Gasteiger partial charge in [0, 0.05) is 19.1 Å². The van der Waals surface area contributed by atoms with E-state index in [1.165, 1.54) is 45.2 Å². The molecule has 2 nitrogen and oxygen atoms in total. The van der Waals surface area contributed by atoms with Crippen molar-refractivity contribution >= 4 is 0 Å². The number of likely N-dealkylation sites (tertiary alicyclic amines) is 1. The zero-order chi connectivity index (χ0) is 11.5. The summed E-state index contributed by atoms with van der Waals surface area (Å²) in [6.07, 6.45) is 7.08. The van der Waals surface area contributed by atoms with Crippen LogP contribution in [0, 0.1) is 17.8 Å². The maximum atomic E-state index is 6.15. The lowest BCUT2D eigenvalue weighted by Crippen LogP contribution is -2.49. The first-order chi connectivity index (χ1) is 7.65. The van der Waals surface area contributed by atoms with Crippen molar-refractivity contribution in [2.24, 2.45) is 23.5 Å². The predicted octanol–water partition coefficient (Wildman–Crippen LogP) is 2.48. The third kappa shape index (κ3) is 3.21. The van der Waals surface area contributed by atoms with Gasteiger partial charge in [-0.3, -0.25) is 0 Å². The summed E-state index contributed by atoms with van der Waals surface area (Å²) in [7, 11) is 0. The van der Waals surface area contributed by atoms with E-state index >= 15 is 0 Å². The van der Waals surface area contributed by atoms with Crippen molar-refractivity contribution in [3.8, 4) is 0 Å². The Labute approximate surface area is 101 Å². The third-order valence-corrected chi connectivity index (χ3v) is 4.75. The SMILES string of the molecule is CC1CCC(CN2CCC(C)C(N)C2)CC1. The molecule has 0 aromatic heterocycles. The fraction of sp³-hybridized carbons (Fsp3) is 1.00. The molecule has 0 aromatic rings. The Morgan fingerprint density at radius 3 is 2.38 bits per heavy atom. The van der Waals surface area contributed by atoms with Gasteiger partial charge in [-0.25, -0.2) is 0 Å². The average Bonchev–Trinajstić information content (AvgIpc) is 2.27. The summed E-state index contributed by atoms with van der Waals surface area (Å²) in [6.45, 7) is 8.42. The molecule has 0 amide bonds. The first kappa shape index (κ1) is 12.4. The van der Waals surface area contributed by atoms with Gasteiger partial charge in [-0.05, 0) is 43.6 Å². The Bertz CT molecular complexity index is 209. The molecule has 2 aliphatic rings. The Morgan fingerprint density at radius 2 is 1.75 bits per heavy atom. The second-order valence-corrected chi connectivity index (χ2v) is 6.32. The highest BCUT2D eigenvalue weighted by Crippen LogP contribution is 2.29. The smallest absolute Gasteiger partial charge is 0.0194 e. The summed E-state index contributed by atoms with van der Waals surface area (Å²) in [5.41, 5.74) is 6.15. The van der Waals surface area contributed by atoms with Gasteiger partial charge in [0.2, 0.25) is 0 Å². The summed E-state index contributed by atoms with van der Waals surface area (Å²) in [4.78, 5) is 2.62. The van der Waals surface area contributed by atoms with Crippen LogP contribution in [0.2, 0.25) is 0 Å². The van der Waals surface area contributed by atoms with E-state index in [9.17, 15) is 0 Å².